The van der Waals surface area contributed by atoms with Crippen molar-refractivity contribution in [3.05, 3.63) is 34.9 Å². The van der Waals surface area contributed by atoms with E-state index in [2.05, 4.69) is 0 Å². The molecule has 0 saturated carbocycles. The Morgan fingerprint density at radius 2 is 1.82 bits per heavy atom. The molecular weight excluding hydrogens is 240 g/mol. The normalized spacial score (nSPS) is 11.1. The number of rotatable bonds is 3. The highest BCUT2D eigenvalue weighted by Crippen LogP contribution is 2.18. The van der Waals surface area contributed by atoms with Crippen LogP contribution >= 0.6 is 11.6 Å². The third-order valence-electron chi connectivity index (χ3n) is 2.12. The van der Waals surface area contributed by atoms with Crippen LogP contribution in [0.2, 0.25) is 5.02 Å². The van der Waals surface area contributed by atoms with Gasteiger partial charge >= 0.3 is 5.97 Å². The maximum absolute atomic E-state index is 11.7. The molecule has 0 aliphatic heterocycles. The minimum atomic E-state index is -0.610. The molecule has 0 amide bonds. The minimum Gasteiger partial charge on any atom is -0.457 e. The topological polar surface area (TPSA) is 43.4 Å². The summed E-state index contributed by atoms with van der Waals surface area (Å²) in [4.78, 5) is 23.2. The molecule has 1 aromatic rings. The Morgan fingerprint density at radius 1 is 1.24 bits per heavy atom. The second kappa shape index (κ2) is 5.32. The van der Waals surface area contributed by atoms with Crippen molar-refractivity contribution in [3.63, 3.8) is 0 Å². The van der Waals surface area contributed by atoms with Crippen molar-refractivity contribution in [1.29, 1.82) is 0 Å². The molecule has 0 spiro atoms. The highest BCUT2D eigenvalue weighted by Gasteiger charge is 2.24. The molecule has 0 unspecified atom stereocenters. The third kappa shape index (κ3) is 3.86. The molecule has 92 valence electrons. The van der Waals surface area contributed by atoms with E-state index >= 15 is 0 Å². The van der Waals surface area contributed by atoms with Crippen molar-refractivity contribution < 1.29 is 14.3 Å². The van der Waals surface area contributed by atoms with Crippen LogP contribution in [0.3, 0.4) is 0 Å². The number of hydrogen-bond donors (Lipinski definition) is 0. The van der Waals surface area contributed by atoms with Crippen molar-refractivity contribution in [2.75, 3.05) is 6.61 Å². The summed E-state index contributed by atoms with van der Waals surface area (Å²) in [5, 5.41) is 0.365. The number of benzene rings is 1. The van der Waals surface area contributed by atoms with Gasteiger partial charge in [-0.05, 0) is 32.9 Å². The first kappa shape index (κ1) is 13.7. The van der Waals surface area contributed by atoms with Crippen molar-refractivity contribution in [2.45, 2.75) is 20.8 Å². The van der Waals surface area contributed by atoms with Gasteiger partial charge in [-0.1, -0.05) is 23.7 Å². The highest BCUT2D eigenvalue weighted by atomic mass is 35.5. The number of hydrogen-bond acceptors (Lipinski definition) is 3. The quantitative estimate of drug-likeness (QED) is 0.615. The molecule has 17 heavy (non-hydrogen) atoms. The summed E-state index contributed by atoms with van der Waals surface area (Å²) in [6, 6.07) is 6.68. The molecule has 0 aromatic heterocycles. The van der Waals surface area contributed by atoms with Crippen LogP contribution in [-0.2, 0) is 9.53 Å². The fraction of sp³-hybridized carbons (Fsp3) is 0.385. The maximum Gasteiger partial charge on any atom is 0.311 e. The lowest BCUT2D eigenvalue weighted by atomic mass is 9.97. The first-order valence-electron chi connectivity index (χ1n) is 5.27. The molecule has 0 radical (unpaired) electrons. The second-order valence-corrected chi connectivity index (χ2v) is 5.14. The molecule has 3 nitrogen and oxygen atoms in total. The monoisotopic (exact) mass is 254 g/mol. The number of carbonyl (C=O) groups is 2. The smallest absolute Gasteiger partial charge is 0.311 e. The highest BCUT2D eigenvalue weighted by molar-refractivity contribution is 6.34. The van der Waals surface area contributed by atoms with Crippen LogP contribution in [0.5, 0.6) is 0 Å². The van der Waals surface area contributed by atoms with E-state index in [1.807, 2.05) is 0 Å². The van der Waals surface area contributed by atoms with Gasteiger partial charge < -0.3 is 4.74 Å². The average molecular weight is 255 g/mol. The van der Waals surface area contributed by atoms with Crippen LogP contribution in [-0.4, -0.2) is 18.4 Å². The van der Waals surface area contributed by atoms with Crippen molar-refractivity contribution in [3.8, 4) is 0 Å². The molecule has 0 saturated heterocycles. The van der Waals surface area contributed by atoms with Gasteiger partial charge in [-0.15, -0.1) is 0 Å². The van der Waals surface area contributed by atoms with E-state index in [0.717, 1.165) is 0 Å². The summed E-state index contributed by atoms with van der Waals surface area (Å²) < 4.78 is 4.93. The SMILES string of the molecule is CC(C)(C)C(=O)OCC(=O)c1ccccc1Cl. The summed E-state index contributed by atoms with van der Waals surface area (Å²) >= 11 is 5.86. The Bertz CT molecular complexity index is 433. The van der Waals surface area contributed by atoms with E-state index < -0.39 is 11.4 Å². The summed E-state index contributed by atoms with van der Waals surface area (Å²) in [5.74, 6) is -0.703. The van der Waals surface area contributed by atoms with E-state index in [0.29, 0.717) is 10.6 Å². The van der Waals surface area contributed by atoms with Gasteiger partial charge in [-0.3, -0.25) is 9.59 Å². The molecule has 1 rings (SSSR count). The average Bonchev–Trinajstić information content (AvgIpc) is 2.24. The van der Waals surface area contributed by atoms with Crippen LogP contribution in [0, 0.1) is 5.41 Å². The van der Waals surface area contributed by atoms with Gasteiger partial charge in [-0.25, -0.2) is 0 Å². The van der Waals surface area contributed by atoms with Crippen LogP contribution in [0.1, 0.15) is 31.1 Å². The lowest BCUT2D eigenvalue weighted by molar-refractivity contribution is -0.151. The van der Waals surface area contributed by atoms with Gasteiger partial charge in [0.1, 0.15) is 0 Å². The molecule has 0 fully saturated rings. The molecule has 0 aliphatic carbocycles. The third-order valence-corrected chi connectivity index (χ3v) is 2.45. The van der Waals surface area contributed by atoms with Crippen LogP contribution in [0.25, 0.3) is 0 Å². The predicted molar refractivity (Wildman–Crippen MR) is 66.2 cm³/mol. The fourth-order valence-corrected chi connectivity index (χ4v) is 1.35. The second-order valence-electron chi connectivity index (χ2n) is 4.73. The van der Waals surface area contributed by atoms with Crippen molar-refractivity contribution in [2.24, 2.45) is 5.41 Å². The zero-order chi connectivity index (χ0) is 13.1. The van der Waals surface area contributed by atoms with Gasteiger partial charge in [0.05, 0.1) is 10.4 Å². The summed E-state index contributed by atoms with van der Waals surface area (Å²) in [7, 11) is 0. The first-order chi connectivity index (χ1) is 7.82. The van der Waals surface area contributed by atoms with Gasteiger partial charge in [-0.2, -0.15) is 0 Å². The van der Waals surface area contributed by atoms with E-state index in [-0.39, 0.29) is 12.4 Å². The number of halogens is 1. The van der Waals surface area contributed by atoms with Gasteiger partial charge in [0.2, 0.25) is 5.78 Å². The van der Waals surface area contributed by atoms with Crippen LogP contribution in [0.4, 0.5) is 0 Å². The zero-order valence-corrected chi connectivity index (χ0v) is 10.9. The minimum absolute atomic E-state index is 0.278. The van der Waals surface area contributed by atoms with Crippen molar-refractivity contribution in [1.82, 2.24) is 0 Å². The number of carbonyl (C=O) groups excluding carboxylic acids is 2. The Kier molecular flexibility index (Phi) is 4.29. The number of Topliss-reactive ketones (excluding diaryl/α,β-unsaturated/α-hetero) is 1. The maximum atomic E-state index is 11.7. The molecule has 0 aliphatic rings. The van der Waals surface area contributed by atoms with E-state index in [4.69, 9.17) is 16.3 Å². The largest absolute Gasteiger partial charge is 0.457 e. The number of ketones is 1. The fourth-order valence-electron chi connectivity index (χ4n) is 1.11. The Hall–Kier alpha value is -1.35. The first-order valence-corrected chi connectivity index (χ1v) is 5.65. The van der Waals surface area contributed by atoms with Crippen LogP contribution in [0.15, 0.2) is 24.3 Å². The predicted octanol–water partition coefficient (Wildman–Crippen LogP) is 3.11. The van der Waals surface area contributed by atoms with E-state index in [9.17, 15) is 9.59 Å². The Balaban J connectivity index is 2.63. The molecule has 0 heterocycles. The van der Waals surface area contributed by atoms with Gasteiger partial charge in [0.25, 0.3) is 0 Å². The lowest BCUT2D eigenvalue weighted by Crippen LogP contribution is -2.25. The van der Waals surface area contributed by atoms with Crippen LogP contribution < -0.4 is 0 Å². The summed E-state index contributed by atoms with van der Waals surface area (Å²) in [5.41, 5.74) is -0.239. The summed E-state index contributed by atoms with van der Waals surface area (Å²) in [6.45, 7) is 4.92. The Labute approximate surface area is 106 Å². The Morgan fingerprint density at radius 3 is 2.35 bits per heavy atom. The van der Waals surface area contributed by atoms with Crippen molar-refractivity contribution >= 4 is 23.4 Å². The standard InChI is InChI=1S/C13H15ClO3/c1-13(2,3)12(16)17-8-11(15)9-6-4-5-7-10(9)14/h4-7H,8H2,1-3H3. The van der Waals surface area contributed by atoms with Gasteiger partial charge in [0, 0.05) is 5.56 Å². The molecular formula is C13H15ClO3. The molecule has 1 aromatic carbocycles. The number of ether oxygens (including phenoxy) is 1. The number of esters is 1. The summed E-state index contributed by atoms with van der Waals surface area (Å²) in [6.07, 6.45) is 0. The molecule has 4 heteroatoms. The molecule has 0 N–H and O–H groups in total. The van der Waals surface area contributed by atoms with E-state index in [1.165, 1.54) is 0 Å². The zero-order valence-electron chi connectivity index (χ0n) is 10.1. The molecule has 0 bridgehead atoms. The lowest BCUT2D eigenvalue weighted by Gasteiger charge is -2.16. The van der Waals surface area contributed by atoms with E-state index in [1.54, 1.807) is 45.0 Å². The molecule has 0 atom stereocenters. The van der Waals surface area contributed by atoms with Gasteiger partial charge in [0.15, 0.2) is 6.61 Å².